The number of carbonyl (C=O) groups excluding carboxylic acids is 1. The lowest BCUT2D eigenvalue weighted by Gasteiger charge is -2.18. The molecule has 0 aliphatic rings. The molecule has 0 aliphatic heterocycles. The zero-order valence-electron chi connectivity index (χ0n) is 21.4. The summed E-state index contributed by atoms with van der Waals surface area (Å²) in [4.78, 5) is 29.8. The number of nitrogens with one attached hydrogen (secondary N) is 1. The second-order valence-corrected chi connectivity index (χ2v) is 7.84. The molecule has 0 fully saturated rings. The lowest BCUT2D eigenvalue weighted by atomic mass is 10.1. The van der Waals surface area contributed by atoms with Gasteiger partial charge in [-0.15, -0.1) is 0 Å². The number of anilines is 2. The zero-order chi connectivity index (χ0) is 27.0. The van der Waals surface area contributed by atoms with Gasteiger partial charge in [0.1, 0.15) is 5.75 Å². The number of nitrogens with zero attached hydrogens (tertiary/aromatic N) is 2. The number of carboxylic acids is 1. The van der Waals surface area contributed by atoms with Gasteiger partial charge in [0.2, 0.25) is 0 Å². The number of methoxy groups -OCH3 is 1. The van der Waals surface area contributed by atoms with Crippen molar-refractivity contribution in [1.29, 1.82) is 0 Å². The largest absolute Gasteiger partial charge is 0.497 e. The summed E-state index contributed by atoms with van der Waals surface area (Å²) in [5, 5.41) is 15.2. The number of carbonyl (C=O) groups is 2. The first-order chi connectivity index (χ1) is 17.9. The summed E-state index contributed by atoms with van der Waals surface area (Å²) in [6.45, 7) is 7.04. The molecule has 9 heteroatoms. The van der Waals surface area contributed by atoms with E-state index in [1.807, 2.05) is 30.3 Å². The van der Waals surface area contributed by atoms with E-state index in [1.165, 1.54) is 12.1 Å². The zero-order valence-corrected chi connectivity index (χ0v) is 21.4. The van der Waals surface area contributed by atoms with Crippen molar-refractivity contribution < 1.29 is 24.3 Å². The highest BCUT2D eigenvalue weighted by molar-refractivity contribution is 6.00. The summed E-state index contributed by atoms with van der Waals surface area (Å²) in [5.41, 5.74) is 8.47. The maximum Gasteiger partial charge on any atom is 0.437 e. The van der Waals surface area contributed by atoms with Crippen LogP contribution in [0.2, 0.25) is 0 Å². The fraction of sp³-hybridized carbons (Fsp3) is 0.250. The van der Waals surface area contributed by atoms with E-state index < -0.39 is 12.1 Å². The summed E-state index contributed by atoms with van der Waals surface area (Å²) >= 11 is 0. The molecule has 0 unspecified atom stereocenters. The van der Waals surface area contributed by atoms with E-state index in [-0.39, 0.29) is 5.56 Å². The number of nitrogen functional groups attached to an aromatic ring is 1. The van der Waals surface area contributed by atoms with Gasteiger partial charge in [0, 0.05) is 24.3 Å². The first kappa shape index (κ1) is 28.9. The number of nitrogens with two attached hydrogens (primary N) is 1. The van der Waals surface area contributed by atoms with Gasteiger partial charge in [-0.1, -0.05) is 49.3 Å². The molecule has 3 aromatic rings. The number of amides is 1. The Morgan fingerprint density at radius 1 is 0.919 bits per heavy atom. The molecule has 196 valence electrons. The van der Waals surface area contributed by atoms with Crippen LogP contribution in [0.15, 0.2) is 84.0 Å². The second-order valence-electron chi connectivity index (χ2n) is 7.84. The van der Waals surface area contributed by atoms with Crippen LogP contribution in [0.4, 0.5) is 16.2 Å². The number of hydrogen-bond acceptors (Lipinski definition) is 7. The fourth-order valence-corrected chi connectivity index (χ4v) is 3.21. The van der Waals surface area contributed by atoms with E-state index in [2.05, 4.69) is 29.2 Å². The predicted molar refractivity (Wildman–Crippen MR) is 146 cm³/mol. The van der Waals surface area contributed by atoms with Crippen molar-refractivity contribution in [3.63, 3.8) is 0 Å². The van der Waals surface area contributed by atoms with Crippen molar-refractivity contribution in [2.24, 2.45) is 5.16 Å². The summed E-state index contributed by atoms with van der Waals surface area (Å²) < 4.78 is 5.10. The van der Waals surface area contributed by atoms with Crippen molar-refractivity contribution in [2.45, 2.75) is 20.3 Å². The normalized spacial score (nSPS) is 10.8. The number of carboxylic acid groups (broad SMARTS) is 1. The van der Waals surface area contributed by atoms with Crippen molar-refractivity contribution in [1.82, 2.24) is 4.90 Å². The molecule has 4 N–H and O–H groups in total. The van der Waals surface area contributed by atoms with Gasteiger partial charge in [0.25, 0.3) is 0 Å². The maximum atomic E-state index is 12.1. The molecule has 0 aliphatic carbocycles. The van der Waals surface area contributed by atoms with Crippen molar-refractivity contribution in [3.05, 3.63) is 90.0 Å². The maximum absolute atomic E-state index is 12.1. The minimum atomic E-state index is -0.931. The van der Waals surface area contributed by atoms with Crippen molar-refractivity contribution in [2.75, 3.05) is 37.8 Å². The van der Waals surface area contributed by atoms with Gasteiger partial charge in [0.15, 0.2) is 0 Å². The Labute approximate surface area is 217 Å². The van der Waals surface area contributed by atoms with Crippen LogP contribution in [-0.2, 0) is 4.84 Å². The van der Waals surface area contributed by atoms with Gasteiger partial charge in [-0.25, -0.2) is 9.59 Å². The molecular weight excluding hydrogens is 472 g/mol. The van der Waals surface area contributed by atoms with Crippen molar-refractivity contribution in [3.8, 4) is 5.75 Å². The number of oxime groups is 1. The highest BCUT2D eigenvalue weighted by Crippen LogP contribution is 2.15. The minimum Gasteiger partial charge on any atom is -0.497 e. The number of hydrogen-bond donors (Lipinski definition) is 3. The molecule has 3 rings (SSSR count). The Balaban J connectivity index is 0.000000402. The molecule has 0 saturated carbocycles. The SMILES string of the molecule is CCN(CC)CC/C(=N/OC(=O)Nc1ccc(OC)cc1)c1ccccc1.Nc1ccc(C(=O)O)cc1. The number of benzene rings is 3. The molecule has 0 aromatic heterocycles. The molecule has 9 nitrogen and oxygen atoms in total. The lowest BCUT2D eigenvalue weighted by molar-refractivity contribution is 0.0697. The average Bonchev–Trinajstić information content (AvgIpc) is 2.92. The summed E-state index contributed by atoms with van der Waals surface area (Å²) in [6, 6.07) is 22.8. The molecular formula is C28H34N4O5. The molecule has 0 saturated heterocycles. The third-order valence-corrected chi connectivity index (χ3v) is 5.40. The fourth-order valence-electron chi connectivity index (χ4n) is 3.21. The van der Waals surface area contributed by atoms with E-state index in [0.29, 0.717) is 17.8 Å². The van der Waals surface area contributed by atoms with Crippen LogP contribution < -0.4 is 15.8 Å². The third-order valence-electron chi connectivity index (χ3n) is 5.40. The van der Waals surface area contributed by atoms with Crippen LogP contribution in [0, 0.1) is 0 Å². The Hall–Kier alpha value is -4.37. The quantitative estimate of drug-likeness (QED) is 0.146. The molecule has 3 aromatic carbocycles. The lowest BCUT2D eigenvalue weighted by Crippen LogP contribution is -2.26. The molecule has 0 spiro atoms. The summed E-state index contributed by atoms with van der Waals surface area (Å²) in [7, 11) is 1.59. The Morgan fingerprint density at radius 3 is 2.08 bits per heavy atom. The van der Waals surface area contributed by atoms with Gasteiger partial charge in [0.05, 0.1) is 18.4 Å². The van der Waals surface area contributed by atoms with Crippen molar-refractivity contribution >= 4 is 29.1 Å². The summed E-state index contributed by atoms with van der Waals surface area (Å²) in [6.07, 6.45) is 0.0676. The number of aromatic carboxylic acids is 1. The summed E-state index contributed by atoms with van der Waals surface area (Å²) in [5.74, 6) is -0.213. The highest BCUT2D eigenvalue weighted by Gasteiger charge is 2.10. The second kappa shape index (κ2) is 15.6. The van der Waals surface area contributed by atoms with E-state index in [0.717, 1.165) is 36.7 Å². The number of ether oxygens (including phenoxy) is 1. The van der Waals surface area contributed by atoms with E-state index >= 15 is 0 Å². The molecule has 0 bridgehead atoms. The van der Waals surface area contributed by atoms with Gasteiger partial charge in [-0.2, -0.15) is 0 Å². The standard InChI is InChI=1S/C21H27N3O3.C7H7NO2/c1-4-24(5-2)16-15-20(17-9-7-6-8-10-17)23-27-21(25)22-18-11-13-19(26-3)14-12-18;8-6-3-1-5(2-4-6)7(9)10/h6-14H,4-5,15-16H2,1-3H3,(H,22,25);1-4H,8H2,(H,9,10)/b23-20-;. The van der Waals surface area contributed by atoms with Crippen LogP contribution in [0.5, 0.6) is 5.75 Å². The van der Waals surface area contributed by atoms with Crippen LogP contribution in [-0.4, -0.2) is 54.5 Å². The topological polar surface area (TPSA) is 126 Å². The Kier molecular flexibility index (Phi) is 12.2. The average molecular weight is 507 g/mol. The van der Waals surface area contributed by atoms with Crippen LogP contribution >= 0.6 is 0 Å². The first-order valence-electron chi connectivity index (χ1n) is 11.9. The van der Waals surface area contributed by atoms with Gasteiger partial charge in [-0.3, -0.25) is 10.2 Å². The molecule has 0 radical (unpaired) electrons. The van der Waals surface area contributed by atoms with Gasteiger partial charge in [-0.05, 0) is 67.2 Å². The number of rotatable bonds is 10. The minimum absolute atomic E-state index is 0.259. The Bertz CT molecular complexity index is 1130. The van der Waals surface area contributed by atoms with E-state index in [9.17, 15) is 9.59 Å². The van der Waals surface area contributed by atoms with Gasteiger partial charge >= 0.3 is 12.1 Å². The molecule has 1 amide bonds. The monoisotopic (exact) mass is 506 g/mol. The first-order valence-corrected chi connectivity index (χ1v) is 11.9. The van der Waals surface area contributed by atoms with E-state index in [4.69, 9.17) is 20.4 Å². The Morgan fingerprint density at radius 2 is 1.54 bits per heavy atom. The molecule has 0 atom stereocenters. The predicted octanol–water partition coefficient (Wildman–Crippen LogP) is 5.35. The van der Waals surface area contributed by atoms with E-state index in [1.54, 1.807) is 43.5 Å². The smallest absolute Gasteiger partial charge is 0.437 e. The van der Waals surface area contributed by atoms with Crippen LogP contribution in [0.1, 0.15) is 36.2 Å². The van der Waals surface area contributed by atoms with Crippen LogP contribution in [0.25, 0.3) is 0 Å². The molecule has 0 heterocycles. The molecule has 37 heavy (non-hydrogen) atoms. The highest BCUT2D eigenvalue weighted by atomic mass is 16.7. The third kappa shape index (κ3) is 10.4. The van der Waals surface area contributed by atoms with Crippen LogP contribution in [0.3, 0.4) is 0 Å². The van der Waals surface area contributed by atoms with Gasteiger partial charge < -0.3 is 20.5 Å².